The maximum atomic E-state index is 14.2. The number of ether oxygens (including phenoxy) is 1. The lowest BCUT2D eigenvalue weighted by atomic mass is 10.1. The van der Waals surface area contributed by atoms with Gasteiger partial charge < -0.3 is 19.3 Å². The van der Waals surface area contributed by atoms with E-state index in [9.17, 15) is 18.8 Å². The molecule has 0 spiro atoms. The van der Waals surface area contributed by atoms with Crippen molar-refractivity contribution in [3.8, 4) is 17.6 Å². The molecule has 4 aromatic rings. The molecule has 1 atom stereocenters. The number of hydrogen-bond acceptors (Lipinski definition) is 7. The van der Waals surface area contributed by atoms with E-state index in [-0.39, 0.29) is 17.2 Å². The molecule has 0 unspecified atom stereocenters. The van der Waals surface area contributed by atoms with E-state index >= 15 is 0 Å². The third kappa shape index (κ3) is 5.46. The number of phenols is 1. The molecule has 10 heteroatoms. The zero-order chi connectivity index (χ0) is 27.6. The van der Waals surface area contributed by atoms with Crippen LogP contribution in [0, 0.1) is 11.3 Å². The van der Waals surface area contributed by atoms with Crippen LogP contribution in [0.4, 0.5) is 5.69 Å². The van der Waals surface area contributed by atoms with Crippen LogP contribution in [0.3, 0.4) is 0 Å². The van der Waals surface area contributed by atoms with Gasteiger partial charge in [-0.1, -0.05) is 12.1 Å². The van der Waals surface area contributed by atoms with Crippen LogP contribution in [-0.4, -0.2) is 47.1 Å². The van der Waals surface area contributed by atoms with E-state index in [1.54, 1.807) is 61.1 Å². The van der Waals surface area contributed by atoms with Crippen LogP contribution < -0.4 is 9.64 Å². The Bertz CT molecular complexity index is 1610. The van der Waals surface area contributed by atoms with Gasteiger partial charge in [-0.25, -0.2) is 13.4 Å². The number of phenolic OH excluding ortho intramolecular Hbond substituents is 1. The van der Waals surface area contributed by atoms with Gasteiger partial charge in [0.05, 0.1) is 42.2 Å². The second kappa shape index (κ2) is 10.8. The minimum Gasteiger partial charge on any atom is -0.508 e. The minimum atomic E-state index is -3.94. The van der Waals surface area contributed by atoms with Gasteiger partial charge in [-0.15, -0.1) is 0 Å². The number of fused-ring (bicyclic) bond motifs is 1. The van der Waals surface area contributed by atoms with Crippen LogP contribution in [0.5, 0.6) is 11.5 Å². The molecule has 3 aromatic carbocycles. The Hall–Kier alpha value is -4.33. The zero-order valence-electron chi connectivity index (χ0n) is 21.7. The van der Waals surface area contributed by atoms with Gasteiger partial charge in [-0.05, 0) is 72.1 Å². The number of aromatic hydroxyl groups is 1. The Morgan fingerprint density at radius 2 is 1.85 bits per heavy atom. The van der Waals surface area contributed by atoms with Crippen molar-refractivity contribution in [2.45, 2.75) is 30.4 Å². The van der Waals surface area contributed by atoms with Gasteiger partial charge in [0.2, 0.25) is 10.0 Å². The van der Waals surface area contributed by atoms with Crippen molar-refractivity contribution in [2.75, 3.05) is 18.6 Å². The number of hydrogen-bond donors (Lipinski definition) is 1. The van der Waals surface area contributed by atoms with Crippen LogP contribution >= 0.6 is 0 Å². The quantitative estimate of drug-likeness (QED) is 0.377. The minimum absolute atomic E-state index is 0.101. The third-order valence-electron chi connectivity index (χ3n) is 7.06. The Morgan fingerprint density at radius 1 is 1.10 bits per heavy atom. The van der Waals surface area contributed by atoms with Crippen LogP contribution in [0.1, 0.15) is 22.4 Å². The number of methoxy groups -OCH3 is 1. The molecule has 1 aromatic heterocycles. The molecule has 0 fully saturated rings. The first-order chi connectivity index (χ1) is 18.8. The predicted octanol–water partition coefficient (Wildman–Crippen LogP) is 3.83. The first-order valence-corrected chi connectivity index (χ1v) is 13.9. The Morgan fingerprint density at radius 3 is 2.49 bits per heavy atom. The molecule has 2 heterocycles. The second-order valence-electron chi connectivity index (χ2n) is 9.58. The largest absolute Gasteiger partial charge is 0.508 e. The van der Waals surface area contributed by atoms with Gasteiger partial charge >= 0.3 is 0 Å². The summed E-state index contributed by atoms with van der Waals surface area (Å²) in [5, 5.41) is 19.4. The summed E-state index contributed by atoms with van der Waals surface area (Å²) in [6.45, 7) is 1.02. The van der Waals surface area contributed by atoms with Gasteiger partial charge in [0.25, 0.3) is 0 Å². The average Bonchev–Trinajstić information content (AvgIpc) is 3.28. The maximum absolute atomic E-state index is 14.2. The number of aryl methyl sites for hydroxylation is 1. The van der Waals surface area contributed by atoms with E-state index in [4.69, 9.17) is 4.74 Å². The average molecular weight is 544 g/mol. The molecule has 200 valence electrons. The van der Waals surface area contributed by atoms with Crippen molar-refractivity contribution in [2.24, 2.45) is 7.05 Å². The summed E-state index contributed by atoms with van der Waals surface area (Å²) in [7, 11) is -0.483. The number of sulfonamides is 1. The molecule has 0 saturated heterocycles. The molecule has 0 amide bonds. The molecular formula is C29H29N5O4S. The Labute approximate surface area is 228 Å². The Balaban J connectivity index is 1.62. The lowest BCUT2D eigenvalue weighted by Crippen LogP contribution is -2.45. The topological polar surface area (TPSA) is 112 Å². The smallest absolute Gasteiger partial charge is 0.243 e. The van der Waals surface area contributed by atoms with Crippen molar-refractivity contribution < 1.29 is 18.3 Å². The third-order valence-corrected chi connectivity index (χ3v) is 8.97. The lowest BCUT2D eigenvalue weighted by Gasteiger charge is -2.32. The van der Waals surface area contributed by atoms with Crippen molar-refractivity contribution in [1.82, 2.24) is 13.9 Å². The van der Waals surface area contributed by atoms with E-state index in [2.05, 4.69) is 16.0 Å². The van der Waals surface area contributed by atoms with Crippen LogP contribution in [0.15, 0.2) is 84.1 Å². The summed E-state index contributed by atoms with van der Waals surface area (Å²) in [6.07, 6.45) is 3.97. The highest BCUT2D eigenvalue weighted by Crippen LogP contribution is 2.34. The van der Waals surface area contributed by atoms with Crippen LogP contribution in [0.25, 0.3) is 0 Å². The van der Waals surface area contributed by atoms with Gasteiger partial charge in [0.15, 0.2) is 0 Å². The van der Waals surface area contributed by atoms with E-state index < -0.39 is 16.1 Å². The van der Waals surface area contributed by atoms with E-state index in [1.165, 1.54) is 11.4 Å². The summed E-state index contributed by atoms with van der Waals surface area (Å²) in [6, 6.07) is 20.4. The molecule has 1 aliphatic rings. The van der Waals surface area contributed by atoms with Gasteiger partial charge in [0.1, 0.15) is 11.5 Å². The zero-order valence-corrected chi connectivity index (χ0v) is 22.5. The number of rotatable bonds is 7. The first-order valence-electron chi connectivity index (χ1n) is 12.5. The van der Waals surface area contributed by atoms with E-state index in [0.29, 0.717) is 30.8 Å². The summed E-state index contributed by atoms with van der Waals surface area (Å²) in [5.41, 5.74) is 3.96. The highest BCUT2D eigenvalue weighted by Gasteiger charge is 2.37. The first kappa shape index (κ1) is 26.3. The molecule has 1 aliphatic heterocycles. The number of benzene rings is 3. The van der Waals surface area contributed by atoms with Crippen molar-refractivity contribution in [1.29, 1.82) is 5.26 Å². The molecule has 0 bridgehead atoms. The van der Waals surface area contributed by atoms with Crippen LogP contribution in [0.2, 0.25) is 0 Å². The van der Waals surface area contributed by atoms with Gasteiger partial charge in [-0.2, -0.15) is 9.57 Å². The fourth-order valence-electron chi connectivity index (χ4n) is 4.95. The number of aromatic nitrogens is 2. The molecule has 0 saturated carbocycles. The van der Waals surface area contributed by atoms with Crippen molar-refractivity contribution >= 4 is 15.7 Å². The highest BCUT2D eigenvalue weighted by atomic mass is 32.2. The number of nitrogens with zero attached hydrogens (tertiary/aromatic N) is 5. The standard InChI is InChI=1S/C29H29N5O4S/c1-32-20-31-16-25(32)19-33-18-24(14-21-3-6-26(35)7-4-21)34(17-23-13-22(15-30)5-12-29(23)33)39(36,37)28-10-8-27(38-2)9-11-28/h3-13,16,20,24,35H,14,17-19H2,1-2H3/t24-/m1/s1. The van der Waals surface area contributed by atoms with Gasteiger partial charge in [0, 0.05) is 38.1 Å². The van der Waals surface area contributed by atoms with E-state index in [1.807, 2.05) is 29.8 Å². The monoisotopic (exact) mass is 543 g/mol. The summed E-state index contributed by atoms with van der Waals surface area (Å²) in [4.78, 5) is 6.57. The summed E-state index contributed by atoms with van der Waals surface area (Å²) < 4.78 is 37.1. The van der Waals surface area contributed by atoms with Gasteiger partial charge in [-0.3, -0.25) is 0 Å². The number of anilines is 1. The number of nitriles is 1. The molecule has 5 rings (SSSR count). The lowest BCUT2D eigenvalue weighted by molar-refractivity contribution is 0.317. The van der Waals surface area contributed by atoms with Crippen LogP contribution in [-0.2, 0) is 36.6 Å². The van der Waals surface area contributed by atoms with Crippen molar-refractivity contribution in [3.05, 3.63) is 102 Å². The van der Waals surface area contributed by atoms with Crippen molar-refractivity contribution in [3.63, 3.8) is 0 Å². The number of imidazole rings is 1. The molecule has 0 aliphatic carbocycles. The molecular weight excluding hydrogens is 514 g/mol. The molecule has 1 N–H and O–H groups in total. The molecule has 0 radical (unpaired) electrons. The maximum Gasteiger partial charge on any atom is 0.243 e. The Kier molecular flexibility index (Phi) is 7.28. The van der Waals surface area contributed by atoms with E-state index in [0.717, 1.165) is 22.5 Å². The fraction of sp³-hybridized carbons (Fsp3) is 0.241. The summed E-state index contributed by atoms with van der Waals surface area (Å²) >= 11 is 0. The molecule has 39 heavy (non-hydrogen) atoms. The fourth-order valence-corrected chi connectivity index (χ4v) is 6.54. The highest BCUT2D eigenvalue weighted by molar-refractivity contribution is 7.89. The molecule has 9 nitrogen and oxygen atoms in total. The SMILES string of the molecule is COc1ccc(S(=O)(=O)N2Cc3cc(C#N)ccc3N(Cc3cncn3C)C[C@H]2Cc2ccc(O)cc2)cc1. The second-order valence-corrected chi connectivity index (χ2v) is 11.5. The summed E-state index contributed by atoms with van der Waals surface area (Å²) in [5.74, 6) is 0.716. The predicted molar refractivity (Wildman–Crippen MR) is 147 cm³/mol. The normalized spacial score (nSPS) is 15.8.